The summed E-state index contributed by atoms with van der Waals surface area (Å²) in [7, 11) is -3.81. The Bertz CT molecular complexity index is 911. The SMILES string of the molecule is CCOC(=O)[C@@H](C)CCO[P@]1(=O)OCC2O[C@H](n3cc(C)c(=O)[nH]c3=O)C[C@H]2O1. The number of ether oxygens (including phenoxy) is 2. The third-order valence-electron chi connectivity index (χ3n) is 4.79. The number of nitrogens with one attached hydrogen (secondary N) is 1. The highest BCUT2D eigenvalue weighted by Crippen LogP contribution is 2.56. The van der Waals surface area contributed by atoms with Crippen molar-refractivity contribution in [2.75, 3.05) is 19.8 Å². The topological polar surface area (TPSA) is 135 Å². The highest BCUT2D eigenvalue weighted by molar-refractivity contribution is 7.48. The third-order valence-corrected chi connectivity index (χ3v) is 6.28. The molecule has 2 aliphatic rings. The maximum atomic E-state index is 12.7. The van der Waals surface area contributed by atoms with Crippen molar-refractivity contribution in [3.05, 3.63) is 32.6 Å². The number of hydrogen-bond donors (Lipinski definition) is 1. The zero-order valence-corrected chi connectivity index (χ0v) is 17.4. The molecule has 0 amide bonds. The summed E-state index contributed by atoms with van der Waals surface area (Å²) in [6.07, 6.45) is 0.147. The first kappa shape index (κ1) is 21.9. The van der Waals surface area contributed by atoms with E-state index in [2.05, 4.69) is 4.98 Å². The molecule has 1 unspecified atom stereocenters. The predicted molar refractivity (Wildman–Crippen MR) is 99.4 cm³/mol. The summed E-state index contributed by atoms with van der Waals surface area (Å²) in [6, 6.07) is 0. The maximum absolute atomic E-state index is 12.7. The molecule has 0 spiro atoms. The number of phosphoric acid groups is 1. The van der Waals surface area contributed by atoms with Gasteiger partial charge >= 0.3 is 19.5 Å². The molecule has 1 aromatic rings. The maximum Gasteiger partial charge on any atom is 0.475 e. The number of nitrogens with zero attached hydrogens (tertiary/aromatic N) is 1. The monoisotopic (exact) mass is 432 g/mol. The average Bonchev–Trinajstić information content (AvgIpc) is 3.07. The van der Waals surface area contributed by atoms with E-state index in [1.165, 1.54) is 10.8 Å². The van der Waals surface area contributed by atoms with Crippen molar-refractivity contribution >= 4 is 13.8 Å². The number of hydrogen-bond acceptors (Lipinski definition) is 9. The Balaban J connectivity index is 1.58. The summed E-state index contributed by atoms with van der Waals surface area (Å²) in [6.45, 7) is 5.25. The molecular formula is C17H25N2O9P. The molecule has 2 aliphatic heterocycles. The molecule has 2 saturated heterocycles. The molecule has 0 aromatic carbocycles. The predicted octanol–water partition coefficient (Wildman–Crippen LogP) is 1.26. The molecule has 2 fully saturated rings. The van der Waals surface area contributed by atoms with Gasteiger partial charge in [0.25, 0.3) is 5.56 Å². The highest BCUT2D eigenvalue weighted by atomic mass is 31.2. The van der Waals surface area contributed by atoms with Crippen molar-refractivity contribution in [1.29, 1.82) is 0 Å². The zero-order chi connectivity index (χ0) is 21.2. The number of rotatable bonds is 7. The molecule has 0 saturated carbocycles. The van der Waals surface area contributed by atoms with Crippen molar-refractivity contribution in [1.82, 2.24) is 9.55 Å². The van der Waals surface area contributed by atoms with E-state index in [1.807, 2.05) is 0 Å². The number of H-pyrrole nitrogens is 1. The van der Waals surface area contributed by atoms with Gasteiger partial charge in [-0.1, -0.05) is 6.92 Å². The Morgan fingerprint density at radius 3 is 2.90 bits per heavy atom. The number of aromatic nitrogens is 2. The highest BCUT2D eigenvalue weighted by Gasteiger charge is 2.48. The number of fused-ring (bicyclic) bond motifs is 1. The van der Waals surface area contributed by atoms with Crippen LogP contribution in [-0.4, -0.2) is 47.5 Å². The number of esters is 1. The van der Waals surface area contributed by atoms with Gasteiger partial charge in [0.2, 0.25) is 0 Å². The molecule has 29 heavy (non-hydrogen) atoms. The van der Waals surface area contributed by atoms with Crippen LogP contribution in [0.5, 0.6) is 0 Å². The van der Waals surface area contributed by atoms with Gasteiger partial charge in [0.15, 0.2) is 0 Å². The van der Waals surface area contributed by atoms with E-state index in [0.717, 1.165) is 0 Å². The van der Waals surface area contributed by atoms with Crippen LogP contribution in [0.25, 0.3) is 0 Å². The van der Waals surface area contributed by atoms with E-state index in [-0.39, 0.29) is 32.2 Å². The van der Waals surface area contributed by atoms with E-state index in [4.69, 9.17) is 23.0 Å². The van der Waals surface area contributed by atoms with Gasteiger partial charge in [0, 0.05) is 18.2 Å². The van der Waals surface area contributed by atoms with Gasteiger partial charge < -0.3 is 9.47 Å². The minimum Gasteiger partial charge on any atom is -0.466 e. The average molecular weight is 432 g/mol. The fourth-order valence-electron chi connectivity index (χ4n) is 3.10. The Hall–Kier alpha value is -1.78. The quantitative estimate of drug-likeness (QED) is 0.499. The van der Waals surface area contributed by atoms with Gasteiger partial charge in [-0.25, -0.2) is 9.36 Å². The number of aromatic amines is 1. The number of carbonyl (C=O) groups excluding carboxylic acids is 1. The number of phosphoric ester groups is 1. The number of aryl methyl sites for hydroxylation is 1. The Morgan fingerprint density at radius 2 is 2.17 bits per heavy atom. The van der Waals surface area contributed by atoms with Crippen LogP contribution in [0, 0.1) is 12.8 Å². The molecule has 11 nitrogen and oxygen atoms in total. The van der Waals surface area contributed by atoms with Crippen LogP contribution in [0.4, 0.5) is 0 Å². The second-order valence-corrected chi connectivity index (χ2v) is 8.63. The minimum atomic E-state index is -3.81. The smallest absolute Gasteiger partial charge is 0.466 e. The fourth-order valence-corrected chi connectivity index (χ4v) is 4.51. The summed E-state index contributed by atoms with van der Waals surface area (Å²) in [5, 5.41) is 0. The lowest BCUT2D eigenvalue weighted by Crippen LogP contribution is -2.34. The van der Waals surface area contributed by atoms with Crippen molar-refractivity contribution in [2.24, 2.45) is 5.92 Å². The van der Waals surface area contributed by atoms with Crippen LogP contribution < -0.4 is 11.2 Å². The molecule has 3 rings (SSSR count). The van der Waals surface area contributed by atoms with E-state index in [1.54, 1.807) is 20.8 Å². The van der Waals surface area contributed by atoms with E-state index >= 15 is 0 Å². The first-order chi connectivity index (χ1) is 13.7. The van der Waals surface area contributed by atoms with E-state index in [0.29, 0.717) is 12.0 Å². The van der Waals surface area contributed by atoms with Crippen LogP contribution >= 0.6 is 7.82 Å². The normalized spacial score (nSPS) is 30.0. The number of carbonyl (C=O) groups is 1. The summed E-state index contributed by atoms with van der Waals surface area (Å²) < 4.78 is 40.7. The Morgan fingerprint density at radius 1 is 1.41 bits per heavy atom. The van der Waals surface area contributed by atoms with Crippen molar-refractivity contribution in [3.8, 4) is 0 Å². The first-order valence-electron chi connectivity index (χ1n) is 9.44. The second-order valence-electron chi connectivity index (χ2n) is 7.01. The molecule has 5 atom stereocenters. The minimum absolute atomic E-state index is 0.00247. The molecule has 162 valence electrons. The second kappa shape index (κ2) is 8.93. The lowest BCUT2D eigenvalue weighted by molar-refractivity contribution is -0.147. The summed E-state index contributed by atoms with van der Waals surface area (Å²) in [4.78, 5) is 37.4. The molecule has 1 N–H and O–H groups in total. The summed E-state index contributed by atoms with van der Waals surface area (Å²) >= 11 is 0. The van der Waals surface area contributed by atoms with Gasteiger partial charge in [-0.2, -0.15) is 0 Å². The van der Waals surface area contributed by atoms with E-state index in [9.17, 15) is 18.9 Å². The van der Waals surface area contributed by atoms with Gasteiger partial charge in [0.05, 0.1) is 25.7 Å². The zero-order valence-electron chi connectivity index (χ0n) is 16.5. The van der Waals surface area contributed by atoms with Gasteiger partial charge in [-0.3, -0.25) is 32.7 Å². The molecule has 0 bridgehead atoms. The van der Waals surface area contributed by atoms with Crippen LogP contribution in [0.1, 0.15) is 38.5 Å². The van der Waals surface area contributed by atoms with Crippen LogP contribution in [0.15, 0.2) is 15.8 Å². The van der Waals surface area contributed by atoms with Crippen molar-refractivity contribution < 1.29 is 32.4 Å². The first-order valence-corrected chi connectivity index (χ1v) is 10.9. The third kappa shape index (κ3) is 5.04. The summed E-state index contributed by atoms with van der Waals surface area (Å²) in [5.41, 5.74) is -0.696. The molecular weight excluding hydrogens is 407 g/mol. The molecule has 0 aliphatic carbocycles. The molecule has 1 aromatic heterocycles. The largest absolute Gasteiger partial charge is 0.475 e. The van der Waals surface area contributed by atoms with Crippen molar-refractivity contribution in [2.45, 2.75) is 52.0 Å². The lowest BCUT2D eigenvalue weighted by Gasteiger charge is -2.29. The van der Waals surface area contributed by atoms with Gasteiger partial charge in [-0.05, 0) is 20.3 Å². The van der Waals surface area contributed by atoms with E-state index < -0.39 is 43.4 Å². The van der Waals surface area contributed by atoms with Gasteiger partial charge in [-0.15, -0.1) is 0 Å². The summed E-state index contributed by atoms with van der Waals surface area (Å²) in [5.74, 6) is -0.762. The molecule has 3 heterocycles. The molecule has 0 radical (unpaired) electrons. The standard InChI is InChI=1S/C17H25N2O9P/c1-4-24-16(21)10(2)5-6-25-29(23)26-9-13-12(28-29)7-14(27-13)19-8-11(3)15(20)18-17(19)22/h8,10,12-14H,4-7,9H2,1-3H3,(H,18,20,22)/t10-,12+,13?,14-,29+/m0/s1. The lowest BCUT2D eigenvalue weighted by atomic mass is 10.1. The van der Waals surface area contributed by atoms with Gasteiger partial charge in [0.1, 0.15) is 18.4 Å². The van der Waals surface area contributed by atoms with Crippen LogP contribution in [0.2, 0.25) is 0 Å². The molecule has 12 heteroatoms. The Labute approximate surface area is 166 Å². The van der Waals surface area contributed by atoms with Crippen LogP contribution in [0.3, 0.4) is 0 Å². The Kier molecular flexibility index (Phi) is 6.75. The van der Waals surface area contributed by atoms with Crippen LogP contribution in [-0.2, 0) is 32.4 Å². The van der Waals surface area contributed by atoms with Crippen molar-refractivity contribution in [3.63, 3.8) is 0 Å². The fraction of sp³-hybridized carbons (Fsp3) is 0.706.